The lowest BCUT2D eigenvalue weighted by Crippen LogP contribution is -2.53. The Kier molecular flexibility index (Phi) is 4.87. The van der Waals surface area contributed by atoms with Gasteiger partial charge in [-0.3, -0.25) is 4.90 Å². The van der Waals surface area contributed by atoms with E-state index in [1.807, 2.05) is 0 Å². The molecule has 20 heavy (non-hydrogen) atoms. The third kappa shape index (κ3) is 2.91. The van der Waals surface area contributed by atoms with Gasteiger partial charge in [-0.15, -0.1) is 0 Å². The van der Waals surface area contributed by atoms with Gasteiger partial charge in [0.2, 0.25) is 0 Å². The number of benzene rings is 1. The third-order valence-electron chi connectivity index (χ3n) is 5.23. The van der Waals surface area contributed by atoms with Crippen molar-refractivity contribution in [2.75, 3.05) is 13.6 Å². The zero-order valence-electron chi connectivity index (χ0n) is 13.7. The van der Waals surface area contributed by atoms with Gasteiger partial charge in [0.25, 0.3) is 0 Å². The number of rotatable bonds is 5. The molecule has 0 fully saturated rings. The van der Waals surface area contributed by atoms with Gasteiger partial charge in [-0.25, -0.2) is 0 Å². The molecular formula is C18H30N2. The summed E-state index contributed by atoms with van der Waals surface area (Å²) >= 11 is 0. The quantitative estimate of drug-likeness (QED) is 0.879. The van der Waals surface area contributed by atoms with E-state index in [1.54, 1.807) is 0 Å². The Hall–Kier alpha value is -0.860. The highest BCUT2D eigenvalue weighted by Gasteiger charge is 2.36. The summed E-state index contributed by atoms with van der Waals surface area (Å²) in [6.45, 7) is 10.2. The Bertz CT molecular complexity index is 439. The summed E-state index contributed by atoms with van der Waals surface area (Å²) in [4.78, 5) is 2.59. The predicted octanol–water partition coefficient (Wildman–Crippen LogP) is 3.77. The van der Waals surface area contributed by atoms with Crippen molar-refractivity contribution in [1.82, 2.24) is 10.2 Å². The molecule has 2 nitrogen and oxygen atoms in total. The van der Waals surface area contributed by atoms with Crippen LogP contribution >= 0.6 is 0 Å². The van der Waals surface area contributed by atoms with Crippen LogP contribution in [-0.4, -0.2) is 30.1 Å². The van der Waals surface area contributed by atoms with Crippen molar-refractivity contribution < 1.29 is 0 Å². The Balaban J connectivity index is 2.31. The van der Waals surface area contributed by atoms with Gasteiger partial charge in [0.15, 0.2) is 0 Å². The van der Waals surface area contributed by atoms with Crippen LogP contribution in [0, 0.1) is 0 Å². The lowest BCUT2D eigenvalue weighted by Gasteiger charge is -2.46. The Labute approximate surface area is 124 Å². The summed E-state index contributed by atoms with van der Waals surface area (Å²) in [7, 11) is 2.30. The first-order valence-electron chi connectivity index (χ1n) is 8.05. The molecule has 0 saturated heterocycles. The highest BCUT2D eigenvalue weighted by Crippen LogP contribution is 2.35. The van der Waals surface area contributed by atoms with E-state index in [4.69, 9.17) is 0 Å². The van der Waals surface area contributed by atoms with Crippen molar-refractivity contribution in [2.24, 2.45) is 0 Å². The molecule has 0 bridgehead atoms. The van der Waals surface area contributed by atoms with Gasteiger partial charge in [-0.2, -0.15) is 0 Å². The van der Waals surface area contributed by atoms with Gasteiger partial charge in [0, 0.05) is 17.6 Å². The largest absolute Gasteiger partial charge is 0.309 e. The molecule has 0 amide bonds. The summed E-state index contributed by atoms with van der Waals surface area (Å²) in [6, 6.07) is 9.99. The highest BCUT2D eigenvalue weighted by molar-refractivity contribution is 5.34. The number of likely N-dealkylation sites (N-methyl/N-ethyl adjacent to an activating group) is 2. The molecule has 2 unspecified atom stereocenters. The summed E-state index contributed by atoms with van der Waals surface area (Å²) in [5, 5.41) is 3.73. The smallest absolute Gasteiger partial charge is 0.0481 e. The van der Waals surface area contributed by atoms with Gasteiger partial charge in [0.05, 0.1) is 0 Å². The van der Waals surface area contributed by atoms with Crippen molar-refractivity contribution >= 4 is 0 Å². The second-order valence-corrected chi connectivity index (χ2v) is 6.62. The van der Waals surface area contributed by atoms with Crippen molar-refractivity contribution in [3.05, 3.63) is 35.4 Å². The lowest BCUT2D eigenvalue weighted by atomic mass is 9.81. The molecule has 1 aliphatic rings. The molecule has 1 aromatic rings. The van der Waals surface area contributed by atoms with Gasteiger partial charge in [0.1, 0.15) is 0 Å². The van der Waals surface area contributed by atoms with Gasteiger partial charge in [-0.05, 0) is 57.8 Å². The molecule has 2 atom stereocenters. The molecule has 1 aliphatic carbocycles. The van der Waals surface area contributed by atoms with Gasteiger partial charge < -0.3 is 5.32 Å². The summed E-state index contributed by atoms with van der Waals surface area (Å²) < 4.78 is 0. The number of hydrogen-bond donors (Lipinski definition) is 1. The van der Waals surface area contributed by atoms with Crippen LogP contribution in [0.15, 0.2) is 24.3 Å². The number of fused-ring (bicyclic) bond motifs is 1. The van der Waals surface area contributed by atoms with Crippen molar-refractivity contribution in [3.63, 3.8) is 0 Å². The fourth-order valence-electron chi connectivity index (χ4n) is 3.32. The second-order valence-electron chi connectivity index (χ2n) is 6.62. The van der Waals surface area contributed by atoms with Crippen molar-refractivity contribution in [3.8, 4) is 0 Å². The van der Waals surface area contributed by atoms with E-state index >= 15 is 0 Å². The highest BCUT2D eigenvalue weighted by atomic mass is 15.2. The SMILES string of the molecule is CCNC1c2ccccc2CCC1N(C)C(C)(C)CC. The Morgan fingerprint density at radius 2 is 1.95 bits per heavy atom. The normalized spacial score (nSPS) is 22.9. The third-order valence-corrected chi connectivity index (χ3v) is 5.23. The average molecular weight is 274 g/mol. The zero-order chi connectivity index (χ0) is 14.8. The maximum atomic E-state index is 3.73. The fourth-order valence-corrected chi connectivity index (χ4v) is 3.32. The lowest BCUT2D eigenvalue weighted by molar-refractivity contribution is 0.0646. The summed E-state index contributed by atoms with van der Waals surface area (Å²) in [6.07, 6.45) is 3.63. The van der Waals surface area contributed by atoms with E-state index in [-0.39, 0.29) is 5.54 Å². The maximum Gasteiger partial charge on any atom is 0.0481 e. The standard InChI is InChI=1S/C18H30N2/c1-6-18(3,4)20(5)16-13-12-14-10-8-9-11-15(14)17(16)19-7-2/h8-11,16-17,19H,6-7,12-13H2,1-5H3. The molecule has 0 aromatic heterocycles. The van der Waals surface area contributed by atoms with Crippen LogP contribution in [0.5, 0.6) is 0 Å². The molecule has 1 N–H and O–H groups in total. The fraction of sp³-hybridized carbons (Fsp3) is 0.667. The first-order valence-corrected chi connectivity index (χ1v) is 8.05. The molecule has 1 aromatic carbocycles. The first kappa shape index (κ1) is 15.5. The Morgan fingerprint density at radius 3 is 2.60 bits per heavy atom. The zero-order valence-corrected chi connectivity index (χ0v) is 13.7. The molecule has 2 rings (SSSR count). The topological polar surface area (TPSA) is 15.3 Å². The summed E-state index contributed by atoms with van der Waals surface area (Å²) in [5.41, 5.74) is 3.28. The number of hydrogen-bond acceptors (Lipinski definition) is 2. The van der Waals surface area contributed by atoms with Crippen LogP contribution in [0.25, 0.3) is 0 Å². The minimum absolute atomic E-state index is 0.255. The molecule has 0 heterocycles. The van der Waals surface area contributed by atoms with E-state index in [1.165, 1.54) is 30.4 Å². The first-order chi connectivity index (χ1) is 9.51. The molecule has 0 spiro atoms. The molecule has 112 valence electrons. The van der Waals surface area contributed by atoms with Crippen LogP contribution in [0.3, 0.4) is 0 Å². The van der Waals surface area contributed by atoms with Crippen LogP contribution in [0.4, 0.5) is 0 Å². The van der Waals surface area contributed by atoms with Gasteiger partial charge >= 0.3 is 0 Å². The van der Waals surface area contributed by atoms with Gasteiger partial charge in [-0.1, -0.05) is 38.1 Å². The predicted molar refractivity (Wildman–Crippen MR) is 87.1 cm³/mol. The van der Waals surface area contributed by atoms with Crippen LogP contribution < -0.4 is 5.32 Å². The molecular weight excluding hydrogens is 244 g/mol. The Morgan fingerprint density at radius 1 is 1.25 bits per heavy atom. The molecule has 0 saturated carbocycles. The monoisotopic (exact) mass is 274 g/mol. The molecule has 0 radical (unpaired) electrons. The number of nitrogens with one attached hydrogen (secondary N) is 1. The van der Waals surface area contributed by atoms with E-state index < -0.39 is 0 Å². The van der Waals surface area contributed by atoms with Crippen LogP contribution in [-0.2, 0) is 6.42 Å². The van der Waals surface area contributed by atoms with E-state index in [0.29, 0.717) is 12.1 Å². The number of aryl methyl sites for hydroxylation is 1. The molecule has 0 aliphatic heterocycles. The van der Waals surface area contributed by atoms with E-state index in [9.17, 15) is 0 Å². The van der Waals surface area contributed by atoms with Crippen molar-refractivity contribution in [1.29, 1.82) is 0 Å². The van der Waals surface area contributed by atoms with Crippen LogP contribution in [0.1, 0.15) is 57.7 Å². The second kappa shape index (κ2) is 6.28. The average Bonchev–Trinajstić information content (AvgIpc) is 2.47. The van der Waals surface area contributed by atoms with Crippen LogP contribution in [0.2, 0.25) is 0 Å². The van der Waals surface area contributed by atoms with E-state index in [0.717, 1.165) is 6.54 Å². The summed E-state index contributed by atoms with van der Waals surface area (Å²) in [5.74, 6) is 0. The molecule has 2 heteroatoms. The number of nitrogens with zero attached hydrogens (tertiary/aromatic N) is 1. The van der Waals surface area contributed by atoms with Crippen molar-refractivity contribution in [2.45, 2.75) is 64.6 Å². The maximum absolute atomic E-state index is 3.73. The minimum atomic E-state index is 0.255. The minimum Gasteiger partial charge on any atom is -0.309 e. The van der Waals surface area contributed by atoms with E-state index in [2.05, 4.69) is 69.2 Å².